The van der Waals surface area contributed by atoms with Gasteiger partial charge in [0.2, 0.25) is 5.91 Å². The summed E-state index contributed by atoms with van der Waals surface area (Å²) in [5.41, 5.74) is 0.568. The van der Waals surface area contributed by atoms with Gasteiger partial charge >= 0.3 is 5.97 Å². The van der Waals surface area contributed by atoms with E-state index >= 15 is 0 Å². The van der Waals surface area contributed by atoms with Crippen LogP contribution in [0.1, 0.15) is 12.0 Å². The number of methoxy groups -OCH3 is 1. The molecule has 0 aliphatic carbocycles. The molecule has 0 saturated carbocycles. The van der Waals surface area contributed by atoms with Crippen molar-refractivity contribution in [1.29, 1.82) is 0 Å². The Hall–Kier alpha value is -2.21. The van der Waals surface area contributed by atoms with Gasteiger partial charge in [-0.2, -0.15) is 0 Å². The number of aliphatic carboxylic acids is 1. The summed E-state index contributed by atoms with van der Waals surface area (Å²) in [6, 6.07) is 3.15. The van der Waals surface area contributed by atoms with Gasteiger partial charge in [-0.3, -0.25) is 4.79 Å². The van der Waals surface area contributed by atoms with Crippen molar-refractivity contribution in [3.63, 3.8) is 0 Å². The Balaban J connectivity index is 2.89. The van der Waals surface area contributed by atoms with E-state index in [4.69, 9.17) is 26.2 Å². The number of carbonyl (C=O) groups excluding carboxylic acids is 1. The molecule has 0 spiro atoms. The van der Waals surface area contributed by atoms with E-state index in [-0.39, 0.29) is 24.0 Å². The highest BCUT2D eigenvalue weighted by Crippen LogP contribution is 2.36. The van der Waals surface area contributed by atoms with Crippen LogP contribution in [0.4, 0.5) is 0 Å². The van der Waals surface area contributed by atoms with E-state index in [0.717, 1.165) is 6.08 Å². The third kappa shape index (κ3) is 5.35. The molecule has 1 aromatic rings. The highest BCUT2D eigenvalue weighted by Gasteiger charge is 2.12. The highest BCUT2D eigenvalue weighted by molar-refractivity contribution is 6.32. The van der Waals surface area contributed by atoms with Crippen molar-refractivity contribution >= 4 is 29.6 Å². The van der Waals surface area contributed by atoms with Crippen LogP contribution < -0.4 is 14.8 Å². The van der Waals surface area contributed by atoms with Crippen molar-refractivity contribution in [2.24, 2.45) is 0 Å². The summed E-state index contributed by atoms with van der Waals surface area (Å²) < 4.78 is 10.6. The van der Waals surface area contributed by atoms with Gasteiger partial charge in [-0.1, -0.05) is 11.6 Å². The lowest BCUT2D eigenvalue weighted by molar-refractivity contribution is -0.131. The van der Waals surface area contributed by atoms with Crippen LogP contribution in [0.3, 0.4) is 0 Å². The van der Waals surface area contributed by atoms with Gasteiger partial charge in [0, 0.05) is 13.1 Å². The molecule has 0 bridgehead atoms. The Morgan fingerprint density at radius 2 is 2.14 bits per heavy atom. The number of amides is 1. The fourth-order valence-corrected chi connectivity index (χ4v) is 1.79. The van der Waals surface area contributed by atoms with Crippen molar-refractivity contribution in [2.45, 2.75) is 6.42 Å². The summed E-state index contributed by atoms with van der Waals surface area (Å²) >= 11 is 6.09. The zero-order valence-electron chi connectivity index (χ0n) is 11.7. The van der Waals surface area contributed by atoms with Gasteiger partial charge in [0.1, 0.15) is 0 Å². The van der Waals surface area contributed by atoms with Gasteiger partial charge in [0.15, 0.2) is 11.5 Å². The van der Waals surface area contributed by atoms with Crippen LogP contribution in [0, 0.1) is 0 Å². The third-order valence-electron chi connectivity index (χ3n) is 2.52. The van der Waals surface area contributed by atoms with Crippen LogP contribution in [0.5, 0.6) is 11.5 Å². The molecule has 0 atom stereocenters. The van der Waals surface area contributed by atoms with Gasteiger partial charge in [-0.05, 0) is 23.8 Å². The van der Waals surface area contributed by atoms with Gasteiger partial charge in [0.25, 0.3) is 0 Å². The van der Waals surface area contributed by atoms with Crippen LogP contribution in [-0.4, -0.2) is 37.7 Å². The Kier molecular flexibility index (Phi) is 6.55. The first-order valence-electron chi connectivity index (χ1n) is 6.09. The molecule has 0 aromatic heterocycles. The van der Waals surface area contributed by atoms with Crippen LogP contribution in [0.15, 0.2) is 18.2 Å². The molecule has 0 aliphatic rings. The molecule has 0 aliphatic heterocycles. The lowest BCUT2D eigenvalue weighted by Gasteiger charge is -2.13. The molecule has 0 radical (unpaired) electrons. The van der Waals surface area contributed by atoms with Crippen LogP contribution >= 0.6 is 11.6 Å². The number of benzene rings is 1. The number of carboxylic acid groups (broad SMARTS) is 1. The largest absolute Gasteiger partial charge is 0.493 e. The first kappa shape index (κ1) is 16.8. The van der Waals surface area contributed by atoms with E-state index in [1.54, 1.807) is 19.2 Å². The molecule has 1 amide bonds. The predicted molar refractivity (Wildman–Crippen MR) is 78.9 cm³/mol. The van der Waals surface area contributed by atoms with Crippen LogP contribution in [-0.2, 0) is 9.59 Å². The molecule has 7 heteroatoms. The molecule has 6 nitrogen and oxygen atoms in total. The van der Waals surface area contributed by atoms with E-state index in [0.29, 0.717) is 17.1 Å². The molecule has 114 valence electrons. The second-order valence-electron chi connectivity index (χ2n) is 3.98. The Labute approximate surface area is 127 Å². The molecule has 1 rings (SSSR count). The number of carbonyl (C=O) groups is 2. The maximum absolute atomic E-state index is 11.1. The van der Waals surface area contributed by atoms with Crippen molar-refractivity contribution in [3.8, 4) is 11.5 Å². The van der Waals surface area contributed by atoms with Crippen LogP contribution in [0.25, 0.3) is 6.08 Å². The number of hydrogen-bond donors (Lipinski definition) is 2. The standard InChI is InChI=1S/C14H16ClNO5/c1-16-12(17)5-6-21-14-10(15)7-9(3-4-13(18)19)8-11(14)20-2/h3-4,7-8H,5-6H2,1-2H3,(H,16,17)(H,18,19). The average molecular weight is 314 g/mol. The molecular weight excluding hydrogens is 298 g/mol. The third-order valence-corrected chi connectivity index (χ3v) is 2.81. The minimum atomic E-state index is -1.06. The van der Waals surface area contributed by atoms with E-state index < -0.39 is 5.97 Å². The van der Waals surface area contributed by atoms with Crippen molar-refractivity contribution < 1.29 is 24.2 Å². The molecule has 1 aromatic carbocycles. The lowest BCUT2D eigenvalue weighted by Crippen LogP contribution is -2.20. The quantitative estimate of drug-likeness (QED) is 0.752. The minimum Gasteiger partial charge on any atom is -0.493 e. The Bertz CT molecular complexity index is 557. The van der Waals surface area contributed by atoms with E-state index in [1.807, 2.05) is 0 Å². The molecule has 21 heavy (non-hydrogen) atoms. The summed E-state index contributed by atoms with van der Waals surface area (Å²) in [5.74, 6) is -0.526. The van der Waals surface area contributed by atoms with Gasteiger partial charge in [-0.25, -0.2) is 4.79 Å². The summed E-state index contributed by atoms with van der Waals surface area (Å²) in [6.45, 7) is 0.153. The fraction of sp³-hybridized carbons (Fsp3) is 0.286. The smallest absolute Gasteiger partial charge is 0.328 e. The molecular formula is C14H16ClNO5. The minimum absolute atomic E-state index is 0.147. The lowest BCUT2D eigenvalue weighted by atomic mass is 10.2. The number of rotatable bonds is 7. The molecule has 0 fully saturated rings. The summed E-state index contributed by atoms with van der Waals surface area (Å²) in [6.07, 6.45) is 2.58. The number of ether oxygens (including phenoxy) is 2. The zero-order valence-corrected chi connectivity index (χ0v) is 12.4. The Morgan fingerprint density at radius 1 is 1.43 bits per heavy atom. The monoisotopic (exact) mass is 313 g/mol. The number of carboxylic acids is 1. The molecule has 0 saturated heterocycles. The SMILES string of the molecule is CNC(=O)CCOc1c(Cl)cc(C=CC(=O)O)cc1OC. The highest BCUT2D eigenvalue weighted by atomic mass is 35.5. The van der Waals surface area contributed by atoms with Gasteiger partial charge in [-0.15, -0.1) is 0 Å². The van der Waals surface area contributed by atoms with E-state index in [9.17, 15) is 9.59 Å². The average Bonchev–Trinajstić information content (AvgIpc) is 2.46. The van der Waals surface area contributed by atoms with Crippen molar-refractivity contribution in [2.75, 3.05) is 20.8 Å². The zero-order chi connectivity index (χ0) is 15.8. The fourth-order valence-electron chi connectivity index (χ4n) is 1.51. The molecule has 0 heterocycles. The maximum atomic E-state index is 11.1. The van der Waals surface area contributed by atoms with E-state index in [1.165, 1.54) is 13.2 Å². The summed E-state index contributed by atoms with van der Waals surface area (Å²) in [4.78, 5) is 21.6. The molecule has 0 unspecified atom stereocenters. The maximum Gasteiger partial charge on any atom is 0.328 e. The normalized spacial score (nSPS) is 10.4. The second kappa shape index (κ2) is 8.16. The summed E-state index contributed by atoms with van der Waals surface area (Å²) in [7, 11) is 2.99. The summed E-state index contributed by atoms with van der Waals surface area (Å²) in [5, 5.41) is 11.4. The van der Waals surface area contributed by atoms with Crippen LogP contribution in [0.2, 0.25) is 5.02 Å². The van der Waals surface area contributed by atoms with E-state index in [2.05, 4.69) is 5.32 Å². The van der Waals surface area contributed by atoms with Gasteiger partial charge < -0.3 is 19.9 Å². The topological polar surface area (TPSA) is 84.9 Å². The number of hydrogen-bond acceptors (Lipinski definition) is 4. The van der Waals surface area contributed by atoms with Crippen molar-refractivity contribution in [1.82, 2.24) is 5.32 Å². The first-order chi connectivity index (χ1) is 9.97. The Morgan fingerprint density at radius 3 is 2.71 bits per heavy atom. The second-order valence-corrected chi connectivity index (χ2v) is 4.38. The molecule has 2 N–H and O–H groups in total. The first-order valence-corrected chi connectivity index (χ1v) is 6.47. The van der Waals surface area contributed by atoms with Crippen molar-refractivity contribution in [3.05, 3.63) is 28.8 Å². The number of halogens is 1. The number of nitrogens with one attached hydrogen (secondary N) is 1. The predicted octanol–water partition coefficient (Wildman–Crippen LogP) is 1.96. The van der Waals surface area contributed by atoms with Gasteiger partial charge in [0.05, 0.1) is 25.2 Å².